The van der Waals surface area contributed by atoms with E-state index in [0.29, 0.717) is 5.92 Å². The summed E-state index contributed by atoms with van der Waals surface area (Å²) in [5.41, 5.74) is 6.83. The summed E-state index contributed by atoms with van der Waals surface area (Å²) in [7, 11) is 0. The van der Waals surface area contributed by atoms with E-state index in [4.69, 9.17) is 5.73 Å². The lowest BCUT2D eigenvalue weighted by Gasteiger charge is -2.06. The zero-order chi connectivity index (χ0) is 7.40. The SMILES string of the molecule is CC(CN)c1ccccc1.Cl. The first-order chi connectivity index (χ1) is 4.84. The Labute approximate surface area is 74.0 Å². The molecule has 1 rings (SSSR count). The molecule has 0 saturated heterocycles. The topological polar surface area (TPSA) is 26.0 Å². The lowest BCUT2D eigenvalue weighted by atomic mass is 10.0. The van der Waals surface area contributed by atoms with Crippen molar-refractivity contribution >= 4 is 12.4 Å². The van der Waals surface area contributed by atoms with Gasteiger partial charge in [0.05, 0.1) is 0 Å². The second-order valence-corrected chi connectivity index (χ2v) is 2.55. The molecule has 0 aliphatic rings. The van der Waals surface area contributed by atoms with Crippen LogP contribution in [0.3, 0.4) is 0 Å². The van der Waals surface area contributed by atoms with Crippen molar-refractivity contribution in [1.82, 2.24) is 0 Å². The third-order valence-corrected chi connectivity index (χ3v) is 1.72. The highest BCUT2D eigenvalue weighted by molar-refractivity contribution is 5.85. The van der Waals surface area contributed by atoms with Crippen LogP contribution in [-0.2, 0) is 0 Å². The van der Waals surface area contributed by atoms with Crippen LogP contribution in [-0.4, -0.2) is 6.54 Å². The normalized spacial score (nSPS) is 11.8. The van der Waals surface area contributed by atoms with E-state index in [9.17, 15) is 0 Å². The number of nitrogens with two attached hydrogens (primary N) is 1. The molecule has 1 nitrogen and oxygen atoms in total. The van der Waals surface area contributed by atoms with E-state index in [1.807, 2.05) is 18.2 Å². The van der Waals surface area contributed by atoms with Gasteiger partial charge >= 0.3 is 0 Å². The molecule has 0 saturated carbocycles. The van der Waals surface area contributed by atoms with Gasteiger partial charge in [0.25, 0.3) is 0 Å². The van der Waals surface area contributed by atoms with Crippen LogP contribution in [0.2, 0.25) is 0 Å². The van der Waals surface area contributed by atoms with E-state index in [0.717, 1.165) is 6.54 Å². The monoisotopic (exact) mass is 171 g/mol. The van der Waals surface area contributed by atoms with Crippen molar-refractivity contribution in [3.63, 3.8) is 0 Å². The van der Waals surface area contributed by atoms with Gasteiger partial charge in [-0.15, -0.1) is 12.4 Å². The lowest BCUT2D eigenvalue weighted by molar-refractivity contribution is 0.774. The van der Waals surface area contributed by atoms with E-state index in [1.165, 1.54) is 5.56 Å². The van der Waals surface area contributed by atoms with Crippen LogP contribution in [0.25, 0.3) is 0 Å². The van der Waals surface area contributed by atoms with Crippen LogP contribution >= 0.6 is 12.4 Å². The minimum atomic E-state index is 0. The molecule has 0 amide bonds. The Kier molecular flexibility index (Phi) is 4.92. The molecule has 2 N–H and O–H groups in total. The highest BCUT2D eigenvalue weighted by atomic mass is 35.5. The third kappa shape index (κ3) is 2.91. The molecular weight excluding hydrogens is 158 g/mol. The van der Waals surface area contributed by atoms with Crippen LogP contribution in [0.1, 0.15) is 18.4 Å². The van der Waals surface area contributed by atoms with Crippen molar-refractivity contribution in [3.8, 4) is 0 Å². The van der Waals surface area contributed by atoms with Crippen LogP contribution in [0.4, 0.5) is 0 Å². The maximum absolute atomic E-state index is 5.50. The van der Waals surface area contributed by atoms with Gasteiger partial charge in [-0.05, 0) is 18.0 Å². The average molecular weight is 172 g/mol. The molecule has 0 fully saturated rings. The van der Waals surface area contributed by atoms with Crippen LogP contribution < -0.4 is 5.73 Å². The van der Waals surface area contributed by atoms with Gasteiger partial charge in [-0.2, -0.15) is 0 Å². The van der Waals surface area contributed by atoms with Crippen molar-refractivity contribution in [2.75, 3.05) is 6.54 Å². The predicted octanol–water partition coefficient (Wildman–Crippen LogP) is 2.17. The summed E-state index contributed by atoms with van der Waals surface area (Å²) < 4.78 is 0. The van der Waals surface area contributed by atoms with Gasteiger partial charge < -0.3 is 5.73 Å². The van der Waals surface area contributed by atoms with Crippen LogP contribution in [0, 0.1) is 0 Å². The Morgan fingerprint density at radius 3 is 2.27 bits per heavy atom. The summed E-state index contributed by atoms with van der Waals surface area (Å²) in [6, 6.07) is 10.3. The minimum absolute atomic E-state index is 0. The Morgan fingerprint density at radius 1 is 1.27 bits per heavy atom. The maximum Gasteiger partial charge on any atom is -0.00109 e. The molecule has 0 aliphatic carbocycles. The van der Waals surface area contributed by atoms with E-state index in [-0.39, 0.29) is 12.4 Å². The molecule has 2 heteroatoms. The van der Waals surface area contributed by atoms with Crippen molar-refractivity contribution in [1.29, 1.82) is 0 Å². The van der Waals surface area contributed by atoms with Crippen molar-refractivity contribution in [3.05, 3.63) is 35.9 Å². The predicted molar refractivity (Wildman–Crippen MR) is 51.2 cm³/mol. The summed E-state index contributed by atoms with van der Waals surface area (Å²) in [5, 5.41) is 0. The van der Waals surface area contributed by atoms with Crippen LogP contribution in [0.5, 0.6) is 0 Å². The quantitative estimate of drug-likeness (QED) is 0.726. The Bertz CT molecular complexity index is 186. The van der Waals surface area contributed by atoms with Gasteiger partial charge in [-0.3, -0.25) is 0 Å². The molecule has 0 heterocycles. The molecule has 62 valence electrons. The number of rotatable bonds is 2. The largest absolute Gasteiger partial charge is 0.330 e. The molecular formula is C9H14ClN. The summed E-state index contributed by atoms with van der Waals surface area (Å²) >= 11 is 0. The Balaban J connectivity index is 0.000001000. The Morgan fingerprint density at radius 2 is 1.82 bits per heavy atom. The van der Waals surface area contributed by atoms with Gasteiger partial charge in [0.1, 0.15) is 0 Å². The summed E-state index contributed by atoms with van der Waals surface area (Å²) in [5.74, 6) is 0.487. The molecule has 0 radical (unpaired) electrons. The van der Waals surface area contributed by atoms with E-state index >= 15 is 0 Å². The molecule has 11 heavy (non-hydrogen) atoms. The van der Waals surface area contributed by atoms with Crippen LogP contribution in [0.15, 0.2) is 30.3 Å². The summed E-state index contributed by atoms with van der Waals surface area (Å²) in [4.78, 5) is 0. The fourth-order valence-electron chi connectivity index (χ4n) is 0.918. The number of hydrogen-bond donors (Lipinski definition) is 1. The lowest BCUT2D eigenvalue weighted by Crippen LogP contribution is -2.08. The van der Waals surface area contributed by atoms with E-state index in [1.54, 1.807) is 0 Å². The van der Waals surface area contributed by atoms with E-state index in [2.05, 4.69) is 19.1 Å². The molecule has 0 bridgehead atoms. The number of benzene rings is 1. The first kappa shape index (κ1) is 10.5. The van der Waals surface area contributed by atoms with Crippen molar-refractivity contribution in [2.24, 2.45) is 5.73 Å². The second kappa shape index (κ2) is 5.16. The van der Waals surface area contributed by atoms with E-state index < -0.39 is 0 Å². The standard InChI is InChI=1S/C9H13N.ClH/c1-8(7-10)9-5-3-2-4-6-9;/h2-6,8H,7,10H2,1H3;1H. The molecule has 1 aromatic carbocycles. The first-order valence-corrected chi connectivity index (χ1v) is 3.59. The van der Waals surface area contributed by atoms with Gasteiger partial charge in [0, 0.05) is 0 Å². The number of hydrogen-bond acceptors (Lipinski definition) is 1. The average Bonchev–Trinajstić information content (AvgIpc) is 2.05. The second-order valence-electron chi connectivity index (χ2n) is 2.55. The molecule has 1 atom stereocenters. The fraction of sp³-hybridized carbons (Fsp3) is 0.333. The molecule has 0 spiro atoms. The smallest absolute Gasteiger partial charge is 0.00109 e. The zero-order valence-corrected chi connectivity index (χ0v) is 7.47. The summed E-state index contributed by atoms with van der Waals surface area (Å²) in [6.45, 7) is 2.86. The van der Waals surface area contributed by atoms with Crippen molar-refractivity contribution < 1.29 is 0 Å². The van der Waals surface area contributed by atoms with Gasteiger partial charge in [0.2, 0.25) is 0 Å². The maximum atomic E-state index is 5.50. The number of halogens is 1. The molecule has 1 aromatic rings. The van der Waals surface area contributed by atoms with Gasteiger partial charge in [0.15, 0.2) is 0 Å². The molecule has 0 aliphatic heterocycles. The third-order valence-electron chi connectivity index (χ3n) is 1.72. The zero-order valence-electron chi connectivity index (χ0n) is 6.66. The summed E-state index contributed by atoms with van der Waals surface area (Å²) in [6.07, 6.45) is 0. The molecule has 0 aromatic heterocycles. The highest BCUT2D eigenvalue weighted by Gasteiger charge is 1.99. The first-order valence-electron chi connectivity index (χ1n) is 3.59. The van der Waals surface area contributed by atoms with Gasteiger partial charge in [-0.25, -0.2) is 0 Å². The fourth-order valence-corrected chi connectivity index (χ4v) is 0.918. The van der Waals surface area contributed by atoms with Gasteiger partial charge in [-0.1, -0.05) is 37.3 Å². The molecule has 1 unspecified atom stereocenters. The minimum Gasteiger partial charge on any atom is -0.330 e. The Hall–Kier alpha value is -0.530. The van der Waals surface area contributed by atoms with Crippen molar-refractivity contribution in [2.45, 2.75) is 12.8 Å². The highest BCUT2D eigenvalue weighted by Crippen LogP contribution is 2.11.